The standard InChI is InChI=1S/C25H27N5O3.ClH/c1-18-8-11-21(12-9-18)30-25(27-28-29-30)17-33-23-13-10-19(14-24(23)32-2)15-26-16-22(31)20-6-4-3-5-7-20;/h3-14,22,26,31H,15-17H2,1-2H3;1H. The first-order chi connectivity index (χ1) is 16.1. The number of aliphatic hydroxyl groups excluding tert-OH is 1. The van der Waals surface area contributed by atoms with E-state index in [0.29, 0.717) is 30.4 Å². The molecule has 0 aliphatic carbocycles. The first-order valence-electron chi connectivity index (χ1n) is 10.7. The lowest BCUT2D eigenvalue weighted by atomic mass is 10.1. The summed E-state index contributed by atoms with van der Waals surface area (Å²) in [5.74, 6) is 1.80. The van der Waals surface area contributed by atoms with Crippen LogP contribution in [-0.2, 0) is 13.2 Å². The molecule has 8 nitrogen and oxygen atoms in total. The number of hydrogen-bond acceptors (Lipinski definition) is 7. The first-order valence-corrected chi connectivity index (χ1v) is 10.7. The summed E-state index contributed by atoms with van der Waals surface area (Å²) in [7, 11) is 1.61. The van der Waals surface area contributed by atoms with E-state index in [9.17, 15) is 5.11 Å². The van der Waals surface area contributed by atoms with Gasteiger partial charge in [0.05, 0.1) is 18.9 Å². The molecule has 0 saturated carbocycles. The van der Waals surface area contributed by atoms with Crippen molar-refractivity contribution >= 4 is 12.4 Å². The molecule has 0 radical (unpaired) electrons. The molecule has 2 N–H and O–H groups in total. The number of hydrogen-bond donors (Lipinski definition) is 2. The molecule has 1 heterocycles. The zero-order valence-electron chi connectivity index (χ0n) is 19.1. The molecule has 0 aliphatic heterocycles. The van der Waals surface area contributed by atoms with Crippen LogP contribution in [0.2, 0.25) is 0 Å². The van der Waals surface area contributed by atoms with Gasteiger partial charge in [0.15, 0.2) is 23.9 Å². The second kappa shape index (κ2) is 12.1. The van der Waals surface area contributed by atoms with Crippen LogP contribution in [0.5, 0.6) is 11.5 Å². The first kappa shape index (κ1) is 25.2. The number of ether oxygens (including phenoxy) is 2. The van der Waals surface area contributed by atoms with Crippen molar-refractivity contribution in [2.45, 2.75) is 26.2 Å². The Morgan fingerprint density at radius 2 is 1.76 bits per heavy atom. The Balaban J connectivity index is 0.00000324. The fraction of sp³-hybridized carbons (Fsp3) is 0.240. The minimum atomic E-state index is -0.560. The number of tetrazole rings is 1. The zero-order chi connectivity index (χ0) is 23.0. The van der Waals surface area contributed by atoms with Crippen LogP contribution in [0.3, 0.4) is 0 Å². The molecule has 0 aliphatic rings. The molecule has 9 heteroatoms. The topological polar surface area (TPSA) is 94.3 Å². The van der Waals surface area contributed by atoms with Crippen LogP contribution in [0, 0.1) is 6.92 Å². The van der Waals surface area contributed by atoms with Crippen LogP contribution in [0.15, 0.2) is 72.8 Å². The van der Waals surface area contributed by atoms with Gasteiger partial charge in [0.1, 0.15) is 0 Å². The molecule has 0 bridgehead atoms. The van der Waals surface area contributed by atoms with Crippen LogP contribution in [-0.4, -0.2) is 39.0 Å². The van der Waals surface area contributed by atoms with E-state index in [1.807, 2.05) is 79.7 Å². The van der Waals surface area contributed by atoms with E-state index in [4.69, 9.17) is 9.47 Å². The summed E-state index contributed by atoms with van der Waals surface area (Å²) >= 11 is 0. The van der Waals surface area contributed by atoms with Crippen molar-refractivity contribution in [3.63, 3.8) is 0 Å². The monoisotopic (exact) mass is 481 g/mol. The largest absolute Gasteiger partial charge is 0.493 e. The van der Waals surface area contributed by atoms with Crippen molar-refractivity contribution in [3.8, 4) is 17.2 Å². The number of aliphatic hydroxyl groups is 1. The van der Waals surface area contributed by atoms with Crippen molar-refractivity contribution in [2.24, 2.45) is 0 Å². The molecule has 3 aromatic carbocycles. The van der Waals surface area contributed by atoms with Gasteiger partial charge in [0, 0.05) is 13.1 Å². The average molecular weight is 482 g/mol. The van der Waals surface area contributed by atoms with Gasteiger partial charge in [0.2, 0.25) is 0 Å². The van der Waals surface area contributed by atoms with E-state index in [1.165, 1.54) is 5.56 Å². The minimum Gasteiger partial charge on any atom is -0.493 e. The fourth-order valence-electron chi connectivity index (χ4n) is 3.41. The summed E-state index contributed by atoms with van der Waals surface area (Å²) in [5, 5.41) is 25.5. The van der Waals surface area contributed by atoms with Gasteiger partial charge < -0.3 is 19.9 Å². The number of aryl methyl sites for hydroxylation is 1. The Bertz CT molecular complexity index is 1170. The van der Waals surface area contributed by atoms with Gasteiger partial charge >= 0.3 is 0 Å². The molecular weight excluding hydrogens is 454 g/mol. The molecule has 34 heavy (non-hydrogen) atoms. The summed E-state index contributed by atoms with van der Waals surface area (Å²) in [6.45, 7) is 3.26. The average Bonchev–Trinajstić information content (AvgIpc) is 3.32. The molecule has 0 saturated heterocycles. The maximum Gasteiger partial charge on any atom is 0.194 e. The van der Waals surface area contributed by atoms with Crippen molar-refractivity contribution in [1.29, 1.82) is 0 Å². The Morgan fingerprint density at radius 1 is 1.00 bits per heavy atom. The van der Waals surface area contributed by atoms with E-state index >= 15 is 0 Å². The smallest absolute Gasteiger partial charge is 0.194 e. The molecule has 0 spiro atoms. The van der Waals surface area contributed by atoms with Gasteiger partial charge in [-0.25, -0.2) is 0 Å². The lowest BCUT2D eigenvalue weighted by Gasteiger charge is -2.14. The maximum absolute atomic E-state index is 10.3. The van der Waals surface area contributed by atoms with Crippen molar-refractivity contribution < 1.29 is 14.6 Å². The Labute approximate surface area is 205 Å². The maximum atomic E-state index is 10.3. The van der Waals surface area contributed by atoms with Gasteiger partial charge in [-0.1, -0.05) is 54.1 Å². The Morgan fingerprint density at radius 3 is 2.50 bits per heavy atom. The lowest BCUT2D eigenvalue weighted by Crippen LogP contribution is -2.21. The number of halogens is 1. The van der Waals surface area contributed by atoms with Crippen molar-refractivity contribution in [1.82, 2.24) is 25.5 Å². The highest BCUT2D eigenvalue weighted by Gasteiger charge is 2.12. The van der Waals surface area contributed by atoms with Crippen LogP contribution in [0.4, 0.5) is 0 Å². The van der Waals surface area contributed by atoms with Crippen LogP contribution < -0.4 is 14.8 Å². The van der Waals surface area contributed by atoms with Crippen LogP contribution in [0.1, 0.15) is 28.6 Å². The molecule has 4 rings (SSSR count). The van der Waals surface area contributed by atoms with E-state index < -0.39 is 6.10 Å². The summed E-state index contributed by atoms with van der Waals surface area (Å²) < 4.78 is 13.1. The quantitative estimate of drug-likeness (QED) is 0.355. The second-order valence-corrected chi connectivity index (χ2v) is 7.67. The van der Waals surface area contributed by atoms with Gasteiger partial charge in [-0.2, -0.15) is 4.68 Å². The number of rotatable bonds is 10. The minimum absolute atomic E-state index is 0. The molecule has 1 atom stereocenters. The molecule has 4 aromatic rings. The number of aromatic nitrogens is 4. The molecule has 178 valence electrons. The van der Waals surface area contributed by atoms with E-state index in [2.05, 4.69) is 20.8 Å². The molecule has 1 aromatic heterocycles. The highest BCUT2D eigenvalue weighted by Crippen LogP contribution is 2.29. The number of benzene rings is 3. The highest BCUT2D eigenvalue weighted by atomic mass is 35.5. The summed E-state index contributed by atoms with van der Waals surface area (Å²) in [6.07, 6.45) is -0.560. The third kappa shape index (κ3) is 6.32. The Kier molecular flexibility index (Phi) is 8.98. The molecule has 1 unspecified atom stereocenters. The third-order valence-electron chi connectivity index (χ3n) is 5.25. The fourth-order valence-corrected chi connectivity index (χ4v) is 3.41. The van der Waals surface area contributed by atoms with Gasteiger partial charge in [0.25, 0.3) is 0 Å². The van der Waals surface area contributed by atoms with Gasteiger partial charge in [-0.05, 0) is 52.7 Å². The van der Waals surface area contributed by atoms with E-state index in [1.54, 1.807) is 11.8 Å². The van der Waals surface area contributed by atoms with Crippen LogP contribution in [0.25, 0.3) is 5.69 Å². The molecule has 0 amide bonds. The van der Waals surface area contributed by atoms with Gasteiger partial charge in [-0.3, -0.25) is 0 Å². The van der Waals surface area contributed by atoms with Crippen molar-refractivity contribution in [3.05, 3.63) is 95.3 Å². The highest BCUT2D eigenvalue weighted by molar-refractivity contribution is 5.85. The van der Waals surface area contributed by atoms with Crippen LogP contribution >= 0.6 is 12.4 Å². The van der Waals surface area contributed by atoms with E-state index in [0.717, 1.165) is 16.8 Å². The Hall–Kier alpha value is -3.46. The molecular formula is C25H28ClN5O3. The SMILES string of the molecule is COc1cc(CNCC(O)c2ccccc2)ccc1OCc1nnnn1-c1ccc(C)cc1.Cl. The van der Waals surface area contributed by atoms with Crippen molar-refractivity contribution in [2.75, 3.05) is 13.7 Å². The zero-order valence-corrected chi connectivity index (χ0v) is 19.9. The number of nitrogens with one attached hydrogen (secondary N) is 1. The predicted molar refractivity (Wildman–Crippen MR) is 132 cm³/mol. The normalized spacial score (nSPS) is 11.5. The second-order valence-electron chi connectivity index (χ2n) is 7.67. The number of nitrogens with zero attached hydrogens (tertiary/aromatic N) is 4. The molecule has 0 fully saturated rings. The summed E-state index contributed by atoms with van der Waals surface area (Å²) in [5.41, 5.74) is 3.94. The lowest BCUT2D eigenvalue weighted by molar-refractivity contribution is 0.174. The summed E-state index contributed by atoms with van der Waals surface area (Å²) in [6, 6.07) is 23.3. The predicted octanol–water partition coefficient (Wildman–Crippen LogP) is 3.80. The number of methoxy groups -OCH3 is 1. The summed E-state index contributed by atoms with van der Waals surface area (Å²) in [4.78, 5) is 0. The third-order valence-corrected chi connectivity index (χ3v) is 5.25. The van der Waals surface area contributed by atoms with Gasteiger partial charge in [-0.15, -0.1) is 17.5 Å². The van der Waals surface area contributed by atoms with E-state index in [-0.39, 0.29) is 19.0 Å².